The molecule has 5 heteroatoms. The van der Waals surface area contributed by atoms with Gasteiger partial charge in [0.15, 0.2) is 0 Å². The molecule has 0 saturated heterocycles. The Morgan fingerprint density at radius 3 is 2.48 bits per heavy atom. The summed E-state index contributed by atoms with van der Waals surface area (Å²) < 4.78 is 14.5. The molecular weight excluding hydrogens is 334 g/mol. The molecule has 1 heterocycles. The van der Waals surface area contributed by atoms with Gasteiger partial charge in [-0.2, -0.15) is 0 Å². The van der Waals surface area contributed by atoms with Gasteiger partial charge in [-0.05, 0) is 41.5 Å². The zero-order chi connectivity index (χ0) is 16.6. The van der Waals surface area contributed by atoms with Crippen molar-refractivity contribution in [2.45, 2.75) is 19.3 Å². The highest BCUT2D eigenvalue weighted by molar-refractivity contribution is 6.42. The highest BCUT2D eigenvalue weighted by atomic mass is 35.5. The fourth-order valence-electron chi connectivity index (χ4n) is 2.62. The molecule has 0 unspecified atom stereocenters. The highest BCUT2D eigenvalue weighted by Crippen LogP contribution is 2.37. The van der Waals surface area contributed by atoms with Gasteiger partial charge < -0.3 is 4.98 Å². The summed E-state index contributed by atoms with van der Waals surface area (Å²) in [6.45, 7) is 3.91. The summed E-state index contributed by atoms with van der Waals surface area (Å²) in [4.78, 5) is 7.26. The molecule has 0 aliphatic rings. The average Bonchev–Trinajstić information content (AvgIpc) is 3.04. The van der Waals surface area contributed by atoms with Crippen LogP contribution in [0, 0.1) is 5.82 Å². The van der Waals surface area contributed by atoms with Gasteiger partial charge in [0.1, 0.15) is 11.6 Å². The fraction of sp³-hybridized carbons (Fsp3) is 0.167. The van der Waals surface area contributed by atoms with Crippen molar-refractivity contribution < 1.29 is 4.39 Å². The van der Waals surface area contributed by atoms with Gasteiger partial charge in [0.2, 0.25) is 0 Å². The molecule has 3 aromatic rings. The van der Waals surface area contributed by atoms with Crippen molar-refractivity contribution in [3.8, 4) is 11.4 Å². The van der Waals surface area contributed by atoms with Crippen LogP contribution in [-0.2, 0) is 5.41 Å². The first-order valence-corrected chi connectivity index (χ1v) is 7.90. The molecule has 0 spiro atoms. The number of benzene rings is 2. The molecule has 2 nitrogen and oxygen atoms in total. The van der Waals surface area contributed by atoms with Crippen LogP contribution in [0.15, 0.2) is 48.8 Å². The number of H-pyrrole nitrogens is 1. The van der Waals surface area contributed by atoms with Crippen LogP contribution in [0.2, 0.25) is 10.0 Å². The van der Waals surface area contributed by atoms with Crippen molar-refractivity contribution in [3.05, 3.63) is 75.8 Å². The Morgan fingerprint density at radius 2 is 1.83 bits per heavy atom. The molecule has 0 aliphatic carbocycles. The summed E-state index contributed by atoms with van der Waals surface area (Å²) in [5, 5.41) is 0.941. The van der Waals surface area contributed by atoms with E-state index in [2.05, 4.69) is 9.97 Å². The molecule has 0 aliphatic heterocycles. The smallest absolute Gasteiger partial charge is 0.137 e. The second-order valence-electron chi connectivity index (χ2n) is 5.89. The lowest BCUT2D eigenvalue weighted by molar-refractivity contribution is 0.548. The van der Waals surface area contributed by atoms with E-state index >= 15 is 0 Å². The van der Waals surface area contributed by atoms with Crippen LogP contribution in [0.4, 0.5) is 4.39 Å². The summed E-state index contributed by atoms with van der Waals surface area (Å²) in [6.07, 6.45) is 3.41. The first-order valence-electron chi connectivity index (χ1n) is 7.15. The summed E-state index contributed by atoms with van der Waals surface area (Å²) >= 11 is 12.1. The lowest BCUT2D eigenvalue weighted by Gasteiger charge is -2.27. The van der Waals surface area contributed by atoms with E-state index in [1.807, 2.05) is 26.0 Å². The van der Waals surface area contributed by atoms with Gasteiger partial charge in [0.25, 0.3) is 0 Å². The number of aromatic amines is 1. The number of nitrogens with zero attached hydrogens (tertiary/aromatic N) is 1. The van der Waals surface area contributed by atoms with Crippen LogP contribution < -0.4 is 0 Å². The molecule has 23 heavy (non-hydrogen) atoms. The van der Waals surface area contributed by atoms with Gasteiger partial charge in [-0.15, -0.1) is 0 Å². The maximum atomic E-state index is 14.5. The van der Waals surface area contributed by atoms with Gasteiger partial charge in [-0.3, -0.25) is 0 Å². The standard InChI is InChI=1S/C18H15Cl2FN2/c1-18(2,12-4-5-14(19)15(20)10-12)13-9-11(3-6-16(13)21)17-22-7-8-23-17/h3-10H,1-2H3,(H,22,23). The molecular formula is C18H15Cl2FN2. The summed E-state index contributed by atoms with van der Waals surface area (Å²) in [5.41, 5.74) is 1.73. The Labute approximate surface area is 144 Å². The van der Waals surface area contributed by atoms with Crippen LogP contribution >= 0.6 is 23.2 Å². The van der Waals surface area contributed by atoms with Crippen LogP contribution in [0.3, 0.4) is 0 Å². The predicted octanol–water partition coefficient (Wildman–Crippen LogP) is 5.85. The number of hydrogen-bond donors (Lipinski definition) is 1. The highest BCUT2D eigenvalue weighted by Gasteiger charge is 2.27. The van der Waals surface area contributed by atoms with Crippen molar-refractivity contribution >= 4 is 23.2 Å². The van der Waals surface area contributed by atoms with Crippen molar-refractivity contribution in [3.63, 3.8) is 0 Å². The Hall–Kier alpha value is -1.84. The first kappa shape index (κ1) is 16.0. The normalized spacial score (nSPS) is 11.7. The van der Waals surface area contributed by atoms with Crippen LogP contribution in [0.1, 0.15) is 25.0 Å². The van der Waals surface area contributed by atoms with E-state index in [0.29, 0.717) is 21.4 Å². The Morgan fingerprint density at radius 1 is 1.04 bits per heavy atom. The second-order valence-corrected chi connectivity index (χ2v) is 6.70. The molecule has 0 atom stereocenters. The molecule has 0 saturated carbocycles. The molecule has 0 bridgehead atoms. The minimum absolute atomic E-state index is 0.267. The Balaban J connectivity index is 2.11. The molecule has 118 valence electrons. The van der Waals surface area contributed by atoms with Gasteiger partial charge in [-0.1, -0.05) is 43.1 Å². The largest absolute Gasteiger partial charge is 0.345 e. The second kappa shape index (κ2) is 5.99. The maximum Gasteiger partial charge on any atom is 0.137 e. The molecule has 1 aromatic heterocycles. The number of imidazole rings is 1. The minimum Gasteiger partial charge on any atom is -0.345 e. The van der Waals surface area contributed by atoms with Crippen molar-refractivity contribution in [1.29, 1.82) is 0 Å². The number of rotatable bonds is 3. The monoisotopic (exact) mass is 348 g/mol. The third-order valence-electron chi connectivity index (χ3n) is 4.05. The third kappa shape index (κ3) is 2.99. The summed E-state index contributed by atoms with van der Waals surface area (Å²) in [7, 11) is 0. The van der Waals surface area contributed by atoms with Gasteiger partial charge in [-0.25, -0.2) is 9.37 Å². The van der Waals surface area contributed by atoms with Crippen LogP contribution in [-0.4, -0.2) is 9.97 Å². The summed E-state index contributed by atoms with van der Waals surface area (Å²) in [6, 6.07) is 10.4. The zero-order valence-corrected chi connectivity index (χ0v) is 14.2. The maximum absolute atomic E-state index is 14.5. The van der Waals surface area contributed by atoms with E-state index in [1.165, 1.54) is 6.07 Å². The van der Waals surface area contributed by atoms with Gasteiger partial charge >= 0.3 is 0 Å². The van der Waals surface area contributed by atoms with E-state index in [9.17, 15) is 4.39 Å². The van der Waals surface area contributed by atoms with E-state index in [-0.39, 0.29) is 5.82 Å². The van der Waals surface area contributed by atoms with E-state index in [4.69, 9.17) is 23.2 Å². The molecule has 1 N–H and O–H groups in total. The van der Waals surface area contributed by atoms with E-state index < -0.39 is 5.41 Å². The zero-order valence-electron chi connectivity index (χ0n) is 12.7. The first-order chi connectivity index (χ1) is 10.9. The molecule has 0 amide bonds. The average molecular weight is 349 g/mol. The molecule has 0 fully saturated rings. The van der Waals surface area contributed by atoms with Gasteiger partial charge in [0, 0.05) is 23.4 Å². The van der Waals surface area contributed by atoms with E-state index in [0.717, 1.165) is 11.1 Å². The SMILES string of the molecule is CC(C)(c1ccc(Cl)c(Cl)c1)c1cc(-c2ncc[nH]2)ccc1F. The van der Waals surface area contributed by atoms with Crippen LogP contribution in [0.5, 0.6) is 0 Å². The predicted molar refractivity (Wildman–Crippen MR) is 92.6 cm³/mol. The minimum atomic E-state index is -0.569. The topological polar surface area (TPSA) is 28.7 Å². The molecule has 2 aromatic carbocycles. The van der Waals surface area contributed by atoms with E-state index in [1.54, 1.807) is 30.6 Å². The quantitative estimate of drug-likeness (QED) is 0.631. The van der Waals surface area contributed by atoms with Crippen molar-refractivity contribution in [2.24, 2.45) is 0 Å². The van der Waals surface area contributed by atoms with Crippen LogP contribution in [0.25, 0.3) is 11.4 Å². The Kier molecular flexibility index (Phi) is 4.17. The third-order valence-corrected chi connectivity index (χ3v) is 4.79. The van der Waals surface area contributed by atoms with Gasteiger partial charge in [0.05, 0.1) is 10.0 Å². The lowest BCUT2D eigenvalue weighted by atomic mass is 9.77. The number of halogens is 3. The Bertz CT molecular complexity index is 842. The lowest BCUT2D eigenvalue weighted by Crippen LogP contribution is -2.20. The fourth-order valence-corrected chi connectivity index (χ4v) is 2.91. The molecule has 0 radical (unpaired) electrons. The van der Waals surface area contributed by atoms with Crippen molar-refractivity contribution in [2.75, 3.05) is 0 Å². The number of hydrogen-bond acceptors (Lipinski definition) is 1. The number of aromatic nitrogens is 2. The number of nitrogens with one attached hydrogen (secondary N) is 1. The molecule has 3 rings (SSSR count). The van der Waals surface area contributed by atoms with Crippen molar-refractivity contribution in [1.82, 2.24) is 9.97 Å². The summed E-state index contributed by atoms with van der Waals surface area (Å²) in [5.74, 6) is 0.438.